The Morgan fingerprint density at radius 2 is 1.56 bits per heavy atom. The van der Waals surface area contributed by atoms with E-state index in [4.69, 9.17) is 9.47 Å². The molecule has 1 aromatic carbocycles. The van der Waals surface area contributed by atoms with Gasteiger partial charge >= 0.3 is 5.97 Å². The van der Waals surface area contributed by atoms with E-state index in [1.165, 1.54) is 22.3 Å². The SMILES string of the molecule is C=C(C)C(=O)OCC(O)COc1c(C)c(C)c(CC)c(CC)c1CC. The molecule has 1 rings (SSSR count). The van der Waals surface area contributed by atoms with Crippen molar-refractivity contribution < 1.29 is 19.4 Å². The topological polar surface area (TPSA) is 55.8 Å². The second kappa shape index (κ2) is 9.62. The number of benzene rings is 1. The van der Waals surface area contributed by atoms with Crippen LogP contribution in [0.15, 0.2) is 12.2 Å². The van der Waals surface area contributed by atoms with Crippen LogP contribution >= 0.6 is 0 Å². The lowest BCUT2D eigenvalue weighted by Gasteiger charge is -2.23. The monoisotopic (exact) mass is 348 g/mol. The fraction of sp³-hybridized carbons (Fsp3) is 0.571. The molecule has 0 aliphatic carbocycles. The van der Waals surface area contributed by atoms with Crippen molar-refractivity contribution in [3.8, 4) is 5.75 Å². The van der Waals surface area contributed by atoms with Gasteiger partial charge in [-0.05, 0) is 67.9 Å². The van der Waals surface area contributed by atoms with Crippen molar-refractivity contribution in [1.82, 2.24) is 0 Å². The van der Waals surface area contributed by atoms with Crippen molar-refractivity contribution in [2.75, 3.05) is 13.2 Å². The number of carbonyl (C=O) groups is 1. The molecule has 0 aliphatic rings. The highest BCUT2D eigenvalue weighted by molar-refractivity contribution is 5.86. The third-order valence-electron chi connectivity index (χ3n) is 4.59. The predicted molar refractivity (Wildman–Crippen MR) is 101 cm³/mol. The van der Waals surface area contributed by atoms with Crippen LogP contribution in [0.1, 0.15) is 55.5 Å². The summed E-state index contributed by atoms with van der Waals surface area (Å²) in [5.41, 5.74) is 6.67. The molecule has 0 saturated carbocycles. The van der Waals surface area contributed by atoms with Crippen LogP contribution in [0, 0.1) is 13.8 Å². The molecule has 1 unspecified atom stereocenters. The van der Waals surface area contributed by atoms with Crippen molar-refractivity contribution in [1.29, 1.82) is 0 Å². The highest BCUT2D eigenvalue weighted by Gasteiger charge is 2.19. The molecule has 1 N–H and O–H groups in total. The smallest absolute Gasteiger partial charge is 0.333 e. The van der Waals surface area contributed by atoms with E-state index in [0.717, 1.165) is 30.6 Å². The van der Waals surface area contributed by atoms with Crippen molar-refractivity contribution in [3.63, 3.8) is 0 Å². The molecule has 0 radical (unpaired) electrons. The van der Waals surface area contributed by atoms with E-state index in [2.05, 4.69) is 41.2 Å². The summed E-state index contributed by atoms with van der Waals surface area (Å²) in [6.07, 6.45) is 1.97. The third-order valence-corrected chi connectivity index (χ3v) is 4.59. The Hall–Kier alpha value is -1.81. The van der Waals surface area contributed by atoms with E-state index in [1.54, 1.807) is 6.92 Å². The summed E-state index contributed by atoms with van der Waals surface area (Å²) in [7, 11) is 0. The zero-order valence-corrected chi connectivity index (χ0v) is 16.5. The summed E-state index contributed by atoms with van der Waals surface area (Å²) < 4.78 is 10.9. The molecule has 1 atom stereocenters. The van der Waals surface area contributed by atoms with Gasteiger partial charge in [-0.15, -0.1) is 0 Å². The lowest BCUT2D eigenvalue weighted by molar-refractivity contribution is -0.142. The van der Waals surface area contributed by atoms with Gasteiger partial charge in [-0.3, -0.25) is 0 Å². The molecular formula is C21H32O4. The van der Waals surface area contributed by atoms with E-state index in [9.17, 15) is 9.90 Å². The van der Waals surface area contributed by atoms with Crippen LogP contribution in [0.2, 0.25) is 0 Å². The van der Waals surface area contributed by atoms with Crippen LogP contribution in [-0.4, -0.2) is 30.4 Å². The number of carbonyl (C=O) groups excluding carboxylic acids is 1. The number of esters is 1. The average Bonchev–Trinajstić information content (AvgIpc) is 2.59. The zero-order chi connectivity index (χ0) is 19.1. The minimum absolute atomic E-state index is 0.0887. The van der Waals surface area contributed by atoms with Gasteiger partial charge in [-0.1, -0.05) is 27.4 Å². The standard InChI is InChI=1S/C21H32O4/c1-8-17-14(6)15(7)20(19(10-3)18(17)9-2)24-11-16(22)12-25-21(23)13(4)5/h16,22H,4,8-12H2,1-3,5-7H3. The van der Waals surface area contributed by atoms with E-state index in [-0.39, 0.29) is 13.2 Å². The first-order valence-electron chi connectivity index (χ1n) is 9.05. The molecule has 4 nitrogen and oxygen atoms in total. The average molecular weight is 348 g/mol. The zero-order valence-electron chi connectivity index (χ0n) is 16.5. The molecule has 1 aromatic rings. The van der Waals surface area contributed by atoms with Crippen LogP contribution in [0.25, 0.3) is 0 Å². The van der Waals surface area contributed by atoms with Crippen LogP contribution in [0.3, 0.4) is 0 Å². The molecule has 0 saturated heterocycles. The van der Waals surface area contributed by atoms with Gasteiger partial charge in [-0.2, -0.15) is 0 Å². The molecule has 0 aromatic heterocycles. The Kier molecular flexibility index (Phi) is 8.17. The number of aliphatic hydroxyl groups excluding tert-OH is 1. The Balaban J connectivity index is 2.96. The highest BCUT2D eigenvalue weighted by atomic mass is 16.5. The van der Waals surface area contributed by atoms with Gasteiger partial charge in [0.25, 0.3) is 0 Å². The molecule has 0 spiro atoms. The molecule has 0 bridgehead atoms. The van der Waals surface area contributed by atoms with Gasteiger partial charge in [-0.25, -0.2) is 4.79 Å². The minimum Gasteiger partial charge on any atom is -0.490 e. The predicted octanol–water partition coefficient (Wildman–Crippen LogP) is 3.85. The largest absolute Gasteiger partial charge is 0.490 e. The first-order chi connectivity index (χ1) is 11.8. The molecule has 140 valence electrons. The first kappa shape index (κ1) is 21.2. The quantitative estimate of drug-likeness (QED) is 0.544. The van der Waals surface area contributed by atoms with E-state index in [1.807, 2.05) is 0 Å². The van der Waals surface area contributed by atoms with Crippen LogP contribution < -0.4 is 4.74 Å². The fourth-order valence-corrected chi connectivity index (χ4v) is 3.17. The van der Waals surface area contributed by atoms with E-state index >= 15 is 0 Å². The molecular weight excluding hydrogens is 316 g/mol. The van der Waals surface area contributed by atoms with Gasteiger partial charge in [0.05, 0.1) is 0 Å². The Morgan fingerprint density at radius 1 is 1.00 bits per heavy atom. The minimum atomic E-state index is -0.872. The molecule has 4 heteroatoms. The summed E-state index contributed by atoms with van der Waals surface area (Å²) in [5, 5.41) is 10.1. The maximum Gasteiger partial charge on any atom is 0.333 e. The van der Waals surface area contributed by atoms with Crippen molar-refractivity contribution in [3.05, 3.63) is 40.0 Å². The Morgan fingerprint density at radius 3 is 2.04 bits per heavy atom. The maximum absolute atomic E-state index is 11.4. The highest BCUT2D eigenvalue weighted by Crippen LogP contribution is 2.34. The summed E-state index contributed by atoms with van der Waals surface area (Å²) in [5.74, 6) is 0.361. The first-order valence-corrected chi connectivity index (χ1v) is 9.05. The second-order valence-electron chi connectivity index (χ2n) is 6.42. The number of hydrogen-bond donors (Lipinski definition) is 1. The van der Waals surface area contributed by atoms with Gasteiger partial charge in [0, 0.05) is 5.57 Å². The summed E-state index contributed by atoms with van der Waals surface area (Å²) in [6.45, 7) is 15.8. The van der Waals surface area contributed by atoms with Gasteiger partial charge in [0.15, 0.2) is 0 Å². The van der Waals surface area contributed by atoms with Crippen LogP contribution in [0.4, 0.5) is 0 Å². The van der Waals surface area contributed by atoms with Crippen LogP contribution in [-0.2, 0) is 28.8 Å². The van der Waals surface area contributed by atoms with Gasteiger partial charge in [0.2, 0.25) is 0 Å². The van der Waals surface area contributed by atoms with Crippen LogP contribution in [0.5, 0.6) is 5.75 Å². The fourth-order valence-electron chi connectivity index (χ4n) is 3.17. The maximum atomic E-state index is 11.4. The van der Waals surface area contributed by atoms with Gasteiger partial charge < -0.3 is 14.6 Å². The van der Waals surface area contributed by atoms with E-state index < -0.39 is 12.1 Å². The molecule has 0 heterocycles. The van der Waals surface area contributed by atoms with Crippen molar-refractivity contribution in [2.45, 2.75) is 66.9 Å². The third kappa shape index (κ3) is 5.08. The Labute approximate surface area is 151 Å². The molecule has 0 aliphatic heterocycles. The molecule has 25 heavy (non-hydrogen) atoms. The summed E-state index contributed by atoms with van der Waals surface area (Å²) in [6, 6.07) is 0. The number of rotatable bonds is 9. The number of hydrogen-bond acceptors (Lipinski definition) is 4. The molecule has 0 amide bonds. The second-order valence-corrected chi connectivity index (χ2v) is 6.42. The number of ether oxygens (including phenoxy) is 2. The lowest BCUT2D eigenvalue weighted by atomic mass is 9.88. The van der Waals surface area contributed by atoms with Crippen molar-refractivity contribution in [2.24, 2.45) is 0 Å². The summed E-state index contributed by atoms with van der Waals surface area (Å²) >= 11 is 0. The normalized spacial score (nSPS) is 12.0. The number of aliphatic hydroxyl groups is 1. The lowest BCUT2D eigenvalue weighted by Crippen LogP contribution is -2.26. The van der Waals surface area contributed by atoms with Crippen molar-refractivity contribution >= 4 is 5.97 Å². The Bertz CT molecular complexity index is 632. The van der Waals surface area contributed by atoms with E-state index in [0.29, 0.717) is 5.57 Å². The molecule has 0 fully saturated rings. The summed E-state index contributed by atoms with van der Waals surface area (Å²) in [4.78, 5) is 11.4. The van der Waals surface area contributed by atoms with Gasteiger partial charge in [0.1, 0.15) is 25.1 Å².